The van der Waals surface area contributed by atoms with Crippen LogP contribution in [-0.2, 0) is 0 Å². The molecule has 2 aliphatic rings. The quantitative estimate of drug-likeness (QED) is 0.639. The molecule has 1 atom stereocenters. The van der Waals surface area contributed by atoms with Gasteiger partial charge in [-0.1, -0.05) is 6.07 Å². The number of nitrogens with zero attached hydrogens (tertiary/aromatic N) is 1. The Hall–Kier alpha value is -2.60. The normalized spacial score (nSPS) is 18.9. The number of thiophene rings is 1. The van der Waals surface area contributed by atoms with Crippen molar-refractivity contribution >= 4 is 27.3 Å². The van der Waals surface area contributed by atoms with Crippen molar-refractivity contribution in [2.45, 2.75) is 18.9 Å². The number of amides is 1. The second-order valence-electron chi connectivity index (χ2n) is 6.85. The highest BCUT2D eigenvalue weighted by atomic mass is 32.1. The van der Waals surface area contributed by atoms with Gasteiger partial charge in [-0.25, -0.2) is 4.39 Å². The maximum Gasteiger partial charge on any atom is 0.264 e. The van der Waals surface area contributed by atoms with Crippen LogP contribution < -0.4 is 9.47 Å². The Morgan fingerprint density at radius 1 is 1.07 bits per heavy atom. The van der Waals surface area contributed by atoms with Crippen LogP contribution in [0.2, 0.25) is 0 Å². The third-order valence-electron chi connectivity index (χ3n) is 5.15. The number of rotatable bonds is 2. The summed E-state index contributed by atoms with van der Waals surface area (Å²) in [5.41, 5.74) is 1.07. The minimum absolute atomic E-state index is 0.00833. The van der Waals surface area contributed by atoms with E-state index in [4.69, 9.17) is 9.47 Å². The highest BCUT2D eigenvalue weighted by Crippen LogP contribution is 2.39. The van der Waals surface area contributed by atoms with Gasteiger partial charge in [-0.15, -0.1) is 11.3 Å². The molecule has 0 bridgehead atoms. The lowest BCUT2D eigenvalue weighted by molar-refractivity contribution is 0.0740. The van der Waals surface area contributed by atoms with Crippen molar-refractivity contribution in [3.8, 4) is 11.5 Å². The van der Waals surface area contributed by atoms with Gasteiger partial charge in [0.1, 0.15) is 19.0 Å². The second-order valence-corrected chi connectivity index (χ2v) is 7.94. The number of likely N-dealkylation sites (tertiary alicyclic amines) is 1. The number of carbonyl (C=O) groups excluding carboxylic acids is 1. The molecule has 1 fully saturated rings. The molecule has 27 heavy (non-hydrogen) atoms. The smallest absolute Gasteiger partial charge is 0.264 e. The lowest BCUT2D eigenvalue weighted by Gasteiger charge is -2.26. The molecule has 3 heterocycles. The molecule has 1 amide bonds. The number of halogens is 1. The van der Waals surface area contributed by atoms with Gasteiger partial charge in [-0.2, -0.15) is 0 Å². The van der Waals surface area contributed by atoms with Crippen LogP contribution in [-0.4, -0.2) is 30.6 Å². The summed E-state index contributed by atoms with van der Waals surface area (Å²) in [4.78, 5) is 15.7. The molecule has 0 aliphatic carbocycles. The zero-order valence-corrected chi connectivity index (χ0v) is 15.4. The van der Waals surface area contributed by atoms with Gasteiger partial charge in [0.2, 0.25) is 0 Å². The lowest BCUT2D eigenvalue weighted by atomic mass is 10.0. The fourth-order valence-electron chi connectivity index (χ4n) is 3.88. The summed E-state index contributed by atoms with van der Waals surface area (Å²) in [6, 6.07) is 12.4. The van der Waals surface area contributed by atoms with E-state index < -0.39 is 0 Å². The Kier molecular flexibility index (Phi) is 4.01. The number of carbonyl (C=O) groups is 1. The predicted molar refractivity (Wildman–Crippen MR) is 102 cm³/mol. The molecule has 5 rings (SSSR count). The van der Waals surface area contributed by atoms with E-state index in [0.717, 1.165) is 46.5 Å². The Balaban J connectivity index is 1.45. The van der Waals surface area contributed by atoms with Crippen molar-refractivity contribution < 1.29 is 18.7 Å². The molecule has 2 aliphatic heterocycles. The van der Waals surface area contributed by atoms with Gasteiger partial charge in [-0.05, 0) is 60.2 Å². The molecule has 0 saturated carbocycles. The zero-order valence-electron chi connectivity index (χ0n) is 14.6. The summed E-state index contributed by atoms with van der Waals surface area (Å²) in [7, 11) is 0. The van der Waals surface area contributed by atoms with Crippen LogP contribution in [0.15, 0.2) is 42.5 Å². The zero-order chi connectivity index (χ0) is 18.4. The number of fused-ring (bicyclic) bond motifs is 2. The summed E-state index contributed by atoms with van der Waals surface area (Å²) in [6.07, 6.45) is 1.88. The van der Waals surface area contributed by atoms with Gasteiger partial charge in [0.25, 0.3) is 5.91 Å². The molecule has 0 unspecified atom stereocenters. The first-order valence-electron chi connectivity index (χ1n) is 9.09. The molecule has 4 nitrogen and oxygen atoms in total. The average molecular weight is 383 g/mol. The molecule has 6 heteroatoms. The van der Waals surface area contributed by atoms with E-state index in [1.165, 1.54) is 23.5 Å². The summed E-state index contributed by atoms with van der Waals surface area (Å²) in [6.45, 7) is 1.83. The van der Waals surface area contributed by atoms with Crippen molar-refractivity contribution in [3.05, 3.63) is 58.7 Å². The minimum Gasteiger partial charge on any atom is -0.486 e. The van der Waals surface area contributed by atoms with Crippen LogP contribution >= 0.6 is 11.3 Å². The third-order valence-corrected chi connectivity index (χ3v) is 6.26. The largest absolute Gasteiger partial charge is 0.486 e. The molecule has 0 radical (unpaired) electrons. The maximum atomic E-state index is 13.5. The Bertz CT molecular complexity index is 1030. The summed E-state index contributed by atoms with van der Waals surface area (Å²) in [5, 5.41) is 0.776. The SMILES string of the molecule is O=C(c1cc2cc(F)ccc2s1)N1CCC[C@@H]1c1ccc2c(c1)OCCO2. The Labute approximate surface area is 160 Å². The van der Waals surface area contributed by atoms with Crippen molar-refractivity contribution in [1.82, 2.24) is 4.90 Å². The molecular weight excluding hydrogens is 365 g/mol. The first-order valence-corrected chi connectivity index (χ1v) is 9.90. The van der Waals surface area contributed by atoms with Crippen LogP contribution in [0.25, 0.3) is 10.1 Å². The van der Waals surface area contributed by atoms with Crippen molar-refractivity contribution in [2.75, 3.05) is 19.8 Å². The fraction of sp³-hybridized carbons (Fsp3) is 0.286. The summed E-state index contributed by atoms with van der Waals surface area (Å²) >= 11 is 1.42. The molecular formula is C21H18FNO3S. The summed E-state index contributed by atoms with van der Waals surface area (Å²) < 4.78 is 25.7. The minimum atomic E-state index is -0.283. The molecule has 1 saturated heterocycles. The lowest BCUT2D eigenvalue weighted by Crippen LogP contribution is -2.30. The van der Waals surface area contributed by atoms with Gasteiger partial charge in [0.15, 0.2) is 11.5 Å². The Morgan fingerprint density at radius 3 is 2.81 bits per heavy atom. The number of hydrogen-bond acceptors (Lipinski definition) is 4. The first-order chi connectivity index (χ1) is 13.2. The number of benzene rings is 2. The van der Waals surface area contributed by atoms with Gasteiger partial charge in [0, 0.05) is 11.2 Å². The van der Waals surface area contributed by atoms with Gasteiger partial charge in [0.05, 0.1) is 10.9 Å². The monoisotopic (exact) mass is 383 g/mol. The van der Waals surface area contributed by atoms with E-state index in [0.29, 0.717) is 18.1 Å². The summed E-state index contributed by atoms with van der Waals surface area (Å²) in [5.74, 6) is 1.23. The molecule has 1 aromatic heterocycles. The van der Waals surface area contributed by atoms with E-state index in [1.54, 1.807) is 12.1 Å². The van der Waals surface area contributed by atoms with Crippen molar-refractivity contribution in [1.29, 1.82) is 0 Å². The van der Waals surface area contributed by atoms with Gasteiger partial charge >= 0.3 is 0 Å². The maximum absolute atomic E-state index is 13.5. The van der Waals surface area contributed by atoms with E-state index in [2.05, 4.69) is 0 Å². The topological polar surface area (TPSA) is 38.8 Å². The molecule has 138 valence electrons. The third kappa shape index (κ3) is 2.94. The van der Waals surface area contributed by atoms with Crippen LogP contribution in [0.5, 0.6) is 11.5 Å². The molecule has 0 spiro atoms. The van der Waals surface area contributed by atoms with Crippen molar-refractivity contribution in [2.24, 2.45) is 0 Å². The highest BCUT2D eigenvalue weighted by molar-refractivity contribution is 7.20. The number of ether oxygens (including phenoxy) is 2. The average Bonchev–Trinajstić information content (AvgIpc) is 3.33. The Morgan fingerprint density at radius 2 is 1.93 bits per heavy atom. The standard InChI is InChI=1S/C21H18FNO3S/c22-15-4-6-19-14(10-15)12-20(27-19)21(24)23-7-1-2-16(23)13-3-5-17-18(11-13)26-9-8-25-17/h3-6,10-12,16H,1-2,7-9H2/t16-/m1/s1. The molecule has 0 N–H and O–H groups in total. The van der Waals surface area contributed by atoms with E-state index >= 15 is 0 Å². The van der Waals surface area contributed by atoms with Crippen LogP contribution in [0, 0.1) is 5.82 Å². The van der Waals surface area contributed by atoms with E-state index in [9.17, 15) is 9.18 Å². The first kappa shape index (κ1) is 16.6. The van der Waals surface area contributed by atoms with E-state index in [-0.39, 0.29) is 17.8 Å². The van der Waals surface area contributed by atoms with Crippen LogP contribution in [0.1, 0.15) is 34.1 Å². The second kappa shape index (κ2) is 6.53. The molecule has 3 aromatic rings. The van der Waals surface area contributed by atoms with Gasteiger partial charge in [-0.3, -0.25) is 4.79 Å². The number of hydrogen-bond donors (Lipinski definition) is 0. The van der Waals surface area contributed by atoms with E-state index in [1.807, 2.05) is 23.1 Å². The van der Waals surface area contributed by atoms with Crippen LogP contribution in [0.3, 0.4) is 0 Å². The predicted octanol–water partition coefficient (Wildman–Crippen LogP) is 4.79. The van der Waals surface area contributed by atoms with Crippen molar-refractivity contribution in [3.63, 3.8) is 0 Å². The fourth-order valence-corrected chi connectivity index (χ4v) is 4.88. The molecule has 2 aromatic carbocycles. The van der Waals surface area contributed by atoms with Crippen LogP contribution in [0.4, 0.5) is 4.39 Å². The van der Waals surface area contributed by atoms with Gasteiger partial charge < -0.3 is 14.4 Å². The highest BCUT2D eigenvalue weighted by Gasteiger charge is 2.32.